The van der Waals surface area contributed by atoms with E-state index >= 15 is 0 Å². The SMILES string of the molecule is COCCOCC(=O)N[C@H](Cc1ccc2ccccc2n1)C(N)=O. The van der Waals surface area contributed by atoms with Gasteiger partial charge in [-0.1, -0.05) is 24.3 Å². The first-order valence-corrected chi connectivity index (χ1v) is 7.60. The number of nitrogens with one attached hydrogen (secondary N) is 1. The molecule has 0 aliphatic heterocycles. The highest BCUT2D eigenvalue weighted by molar-refractivity contribution is 5.87. The van der Waals surface area contributed by atoms with Crippen molar-refractivity contribution in [2.24, 2.45) is 5.73 Å². The van der Waals surface area contributed by atoms with Crippen molar-refractivity contribution < 1.29 is 19.1 Å². The van der Waals surface area contributed by atoms with Crippen LogP contribution < -0.4 is 11.1 Å². The number of ether oxygens (including phenoxy) is 2. The van der Waals surface area contributed by atoms with Crippen LogP contribution >= 0.6 is 0 Å². The largest absolute Gasteiger partial charge is 0.382 e. The van der Waals surface area contributed by atoms with Gasteiger partial charge in [0.1, 0.15) is 12.6 Å². The standard InChI is InChI=1S/C17H21N3O4/c1-23-8-9-24-11-16(21)20-15(17(18)22)10-13-7-6-12-4-2-3-5-14(12)19-13/h2-7,15H,8-11H2,1H3,(H2,18,22)(H,20,21)/t15-/m1/s1. The van der Waals surface area contributed by atoms with Crippen LogP contribution in [0.1, 0.15) is 5.69 Å². The van der Waals surface area contributed by atoms with Gasteiger partial charge >= 0.3 is 0 Å². The summed E-state index contributed by atoms with van der Waals surface area (Å²) in [6.07, 6.45) is 0.226. The van der Waals surface area contributed by atoms with Crippen LogP contribution in [0.15, 0.2) is 36.4 Å². The zero-order valence-corrected chi connectivity index (χ0v) is 13.5. The Hall–Kier alpha value is -2.51. The Labute approximate surface area is 140 Å². The number of methoxy groups -OCH3 is 1. The third-order valence-corrected chi connectivity index (χ3v) is 3.41. The van der Waals surface area contributed by atoms with Crippen molar-refractivity contribution in [3.8, 4) is 0 Å². The molecule has 0 saturated carbocycles. The summed E-state index contributed by atoms with van der Waals surface area (Å²) in [7, 11) is 1.54. The maximum atomic E-state index is 11.8. The molecule has 0 unspecified atom stereocenters. The average Bonchev–Trinajstić information content (AvgIpc) is 2.58. The normalized spacial score (nSPS) is 12.0. The summed E-state index contributed by atoms with van der Waals surface area (Å²) in [5.74, 6) is -1.02. The number of pyridine rings is 1. The summed E-state index contributed by atoms with van der Waals surface area (Å²) in [6.45, 7) is 0.545. The number of aromatic nitrogens is 1. The molecule has 3 N–H and O–H groups in total. The van der Waals surface area contributed by atoms with Crippen LogP contribution in [0.4, 0.5) is 0 Å². The molecule has 2 rings (SSSR count). The molecule has 1 aromatic carbocycles. The van der Waals surface area contributed by atoms with E-state index in [1.807, 2.05) is 36.4 Å². The van der Waals surface area contributed by atoms with Crippen LogP contribution in [0.3, 0.4) is 0 Å². The van der Waals surface area contributed by atoms with Gasteiger partial charge in [0.15, 0.2) is 0 Å². The second-order valence-electron chi connectivity index (χ2n) is 5.27. The van der Waals surface area contributed by atoms with Crippen molar-refractivity contribution in [1.82, 2.24) is 10.3 Å². The van der Waals surface area contributed by atoms with Crippen molar-refractivity contribution in [2.45, 2.75) is 12.5 Å². The number of nitrogens with zero attached hydrogens (tertiary/aromatic N) is 1. The van der Waals surface area contributed by atoms with Gasteiger partial charge < -0.3 is 20.5 Å². The Morgan fingerprint density at radius 1 is 1.21 bits per heavy atom. The summed E-state index contributed by atoms with van der Waals surface area (Å²) >= 11 is 0. The number of primary amides is 1. The molecule has 128 valence electrons. The summed E-state index contributed by atoms with van der Waals surface area (Å²) in [4.78, 5) is 27.9. The van der Waals surface area contributed by atoms with E-state index in [4.69, 9.17) is 15.2 Å². The van der Waals surface area contributed by atoms with Gasteiger partial charge in [-0.2, -0.15) is 0 Å². The number of benzene rings is 1. The monoisotopic (exact) mass is 331 g/mol. The average molecular weight is 331 g/mol. The molecule has 1 aromatic heterocycles. The first-order valence-electron chi connectivity index (χ1n) is 7.60. The predicted octanol–water partition coefficient (Wildman–Crippen LogP) is 0.410. The van der Waals surface area contributed by atoms with E-state index in [2.05, 4.69) is 10.3 Å². The Kier molecular flexibility index (Phi) is 6.65. The van der Waals surface area contributed by atoms with Crippen LogP contribution in [-0.2, 0) is 25.5 Å². The molecule has 0 fully saturated rings. The topological polar surface area (TPSA) is 104 Å². The fourth-order valence-electron chi connectivity index (χ4n) is 2.20. The number of amides is 2. The molecule has 7 heteroatoms. The molecule has 2 aromatic rings. The lowest BCUT2D eigenvalue weighted by Crippen LogP contribution is -2.47. The minimum Gasteiger partial charge on any atom is -0.382 e. The second-order valence-corrected chi connectivity index (χ2v) is 5.27. The number of hydrogen-bond acceptors (Lipinski definition) is 5. The number of fused-ring (bicyclic) bond motifs is 1. The quantitative estimate of drug-likeness (QED) is 0.648. The van der Waals surface area contributed by atoms with E-state index in [1.165, 1.54) is 0 Å². The minimum absolute atomic E-state index is 0.154. The molecule has 2 amide bonds. The first-order chi connectivity index (χ1) is 11.6. The van der Waals surface area contributed by atoms with Gasteiger partial charge in [0, 0.05) is 24.6 Å². The maximum absolute atomic E-state index is 11.8. The number of carbonyl (C=O) groups is 2. The molecule has 24 heavy (non-hydrogen) atoms. The zero-order valence-electron chi connectivity index (χ0n) is 13.5. The molecule has 0 spiro atoms. The van der Waals surface area contributed by atoms with Crippen molar-refractivity contribution in [1.29, 1.82) is 0 Å². The van der Waals surface area contributed by atoms with Crippen LogP contribution in [0.2, 0.25) is 0 Å². The zero-order chi connectivity index (χ0) is 17.4. The van der Waals surface area contributed by atoms with E-state index in [9.17, 15) is 9.59 Å². The number of hydrogen-bond donors (Lipinski definition) is 2. The fourth-order valence-corrected chi connectivity index (χ4v) is 2.20. The number of carbonyl (C=O) groups excluding carboxylic acids is 2. The smallest absolute Gasteiger partial charge is 0.246 e. The molecular weight excluding hydrogens is 310 g/mol. The molecular formula is C17H21N3O4. The van der Waals surface area contributed by atoms with Crippen LogP contribution in [0.5, 0.6) is 0 Å². The number of para-hydroxylation sites is 1. The van der Waals surface area contributed by atoms with Crippen LogP contribution in [0.25, 0.3) is 10.9 Å². The van der Waals surface area contributed by atoms with E-state index in [0.29, 0.717) is 18.9 Å². The number of nitrogens with two attached hydrogens (primary N) is 1. The van der Waals surface area contributed by atoms with Crippen molar-refractivity contribution in [3.63, 3.8) is 0 Å². The van der Waals surface area contributed by atoms with Gasteiger partial charge in [-0.3, -0.25) is 14.6 Å². The van der Waals surface area contributed by atoms with Gasteiger partial charge in [0.25, 0.3) is 0 Å². The summed E-state index contributed by atoms with van der Waals surface area (Å²) in [5.41, 5.74) is 6.88. The minimum atomic E-state index is -0.836. The van der Waals surface area contributed by atoms with Gasteiger partial charge in [-0.05, 0) is 12.1 Å². The molecule has 0 aliphatic carbocycles. The number of rotatable bonds is 9. The second kappa shape index (κ2) is 8.95. The Bertz CT molecular complexity index is 705. The third kappa shape index (κ3) is 5.29. The third-order valence-electron chi connectivity index (χ3n) is 3.41. The molecule has 0 aliphatic rings. The lowest BCUT2D eigenvalue weighted by Gasteiger charge is -2.15. The van der Waals surface area contributed by atoms with Crippen molar-refractivity contribution in [2.75, 3.05) is 26.9 Å². The maximum Gasteiger partial charge on any atom is 0.246 e. The Balaban J connectivity index is 1.96. The van der Waals surface area contributed by atoms with Gasteiger partial charge in [0.05, 0.1) is 18.7 Å². The van der Waals surface area contributed by atoms with E-state index in [1.54, 1.807) is 7.11 Å². The highest BCUT2D eigenvalue weighted by atomic mass is 16.5. The Morgan fingerprint density at radius 2 is 2.00 bits per heavy atom. The lowest BCUT2D eigenvalue weighted by atomic mass is 10.1. The Morgan fingerprint density at radius 3 is 2.75 bits per heavy atom. The molecule has 7 nitrogen and oxygen atoms in total. The summed E-state index contributed by atoms with van der Waals surface area (Å²) < 4.78 is 9.94. The van der Waals surface area contributed by atoms with Gasteiger partial charge in [0.2, 0.25) is 11.8 Å². The van der Waals surface area contributed by atoms with Crippen LogP contribution in [-0.4, -0.2) is 49.8 Å². The molecule has 1 atom stereocenters. The molecule has 0 radical (unpaired) electrons. The fraction of sp³-hybridized carbons (Fsp3) is 0.353. The predicted molar refractivity (Wildman–Crippen MR) is 89.3 cm³/mol. The summed E-state index contributed by atoms with van der Waals surface area (Å²) in [6, 6.07) is 10.6. The van der Waals surface area contributed by atoms with Crippen molar-refractivity contribution in [3.05, 3.63) is 42.1 Å². The van der Waals surface area contributed by atoms with E-state index < -0.39 is 17.9 Å². The highest BCUT2D eigenvalue weighted by Gasteiger charge is 2.19. The molecule has 0 bridgehead atoms. The van der Waals surface area contributed by atoms with Gasteiger partial charge in [-0.15, -0.1) is 0 Å². The first kappa shape index (κ1) is 17.8. The lowest BCUT2D eigenvalue weighted by molar-refractivity contribution is -0.130. The highest BCUT2D eigenvalue weighted by Crippen LogP contribution is 2.12. The van der Waals surface area contributed by atoms with E-state index in [0.717, 1.165) is 10.9 Å². The van der Waals surface area contributed by atoms with Gasteiger partial charge in [-0.25, -0.2) is 0 Å². The summed E-state index contributed by atoms with van der Waals surface area (Å²) in [5, 5.41) is 3.58. The molecule has 0 saturated heterocycles. The van der Waals surface area contributed by atoms with Crippen molar-refractivity contribution >= 4 is 22.7 Å². The van der Waals surface area contributed by atoms with Crippen LogP contribution in [0, 0.1) is 0 Å². The molecule has 1 heterocycles. The van der Waals surface area contributed by atoms with E-state index in [-0.39, 0.29) is 13.0 Å².